The molecule has 3 amide bonds. The molecule has 0 radical (unpaired) electrons. The molecule has 1 atom stereocenters. The van der Waals surface area contributed by atoms with E-state index in [0.29, 0.717) is 9.61 Å². The summed E-state index contributed by atoms with van der Waals surface area (Å²) in [5.41, 5.74) is 1.76. The molecule has 0 aliphatic carbocycles. The topological polar surface area (TPSA) is 101 Å². The number of hydrogen-bond donors (Lipinski definition) is 2. The Morgan fingerprint density at radius 1 is 1.52 bits per heavy atom. The van der Waals surface area contributed by atoms with Crippen LogP contribution in [0.15, 0.2) is 22.3 Å². The Morgan fingerprint density at radius 3 is 2.80 bits per heavy atom. The third kappa shape index (κ3) is 6.13. The number of ether oxygens (including phenoxy) is 1. The summed E-state index contributed by atoms with van der Waals surface area (Å²) in [6.45, 7) is 5.19. The molecule has 1 aromatic heterocycles. The second-order valence-corrected chi connectivity index (χ2v) is 8.05. The lowest BCUT2D eigenvalue weighted by atomic mass is 10.2. The van der Waals surface area contributed by atoms with Gasteiger partial charge >= 0.3 is 6.09 Å². The Hall–Kier alpha value is -1.94. The van der Waals surface area contributed by atoms with Crippen molar-refractivity contribution in [3.63, 3.8) is 0 Å². The molecule has 1 aromatic rings. The summed E-state index contributed by atoms with van der Waals surface area (Å²) in [6.07, 6.45) is 2.70. The van der Waals surface area contributed by atoms with Crippen molar-refractivity contribution in [3.8, 4) is 0 Å². The number of aromatic nitrogens is 1. The van der Waals surface area contributed by atoms with Crippen molar-refractivity contribution >= 4 is 45.2 Å². The van der Waals surface area contributed by atoms with Gasteiger partial charge in [0.25, 0.3) is 5.91 Å². The van der Waals surface area contributed by atoms with Crippen molar-refractivity contribution in [2.45, 2.75) is 45.3 Å². The van der Waals surface area contributed by atoms with Crippen LogP contribution in [0.5, 0.6) is 0 Å². The highest BCUT2D eigenvalue weighted by Crippen LogP contribution is 2.17. The summed E-state index contributed by atoms with van der Waals surface area (Å²) in [7, 11) is 0. The monoisotopic (exact) mass is 430 g/mol. The van der Waals surface area contributed by atoms with E-state index in [9.17, 15) is 14.4 Å². The lowest BCUT2D eigenvalue weighted by molar-refractivity contribution is -0.140. The fourth-order valence-corrected chi connectivity index (χ4v) is 3.30. The molecule has 2 rings (SSSR count). The first kappa shape index (κ1) is 19.4. The van der Waals surface area contributed by atoms with Crippen molar-refractivity contribution in [2.75, 3.05) is 0 Å². The van der Waals surface area contributed by atoms with Gasteiger partial charge in [-0.2, -0.15) is 0 Å². The second kappa shape index (κ2) is 7.96. The van der Waals surface area contributed by atoms with Gasteiger partial charge in [-0.15, -0.1) is 11.3 Å². The number of amides is 3. The van der Waals surface area contributed by atoms with Crippen LogP contribution in [0.4, 0.5) is 4.79 Å². The first-order chi connectivity index (χ1) is 11.6. The molecule has 2 N–H and O–H groups in total. The van der Waals surface area contributed by atoms with Crippen molar-refractivity contribution < 1.29 is 19.1 Å². The molecule has 0 spiro atoms. The maximum absolute atomic E-state index is 12.7. The maximum atomic E-state index is 12.7. The Labute approximate surface area is 157 Å². The van der Waals surface area contributed by atoms with Crippen LogP contribution < -0.4 is 10.7 Å². The van der Waals surface area contributed by atoms with Crippen LogP contribution in [0.25, 0.3) is 0 Å². The predicted molar refractivity (Wildman–Crippen MR) is 95.4 cm³/mol. The number of thiazole rings is 1. The van der Waals surface area contributed by atoms with Gasteiger partial charge in [0.2, 0.25) is 5.91 Å². The van der Waals surface area contributed by atoms with Crippen LogP contribution in [0.2, 0.25) is 0 Å². The Kier molecular flexibility index (Phi) is 6.17. The van der Waals surface area contributed by atoms with Gasteiger partial charge in [0.1, 0.15) is 16.2 Å². The van der Waals surface area contributed by atoms with Crippen molar-refractivity contribution in [3.05, 3.63) is 27.3 Å². The molecule has 136 valence electrons. The largest absolute Gasteiger partial charge is 0.444 e. The van der Waals surface area contributed by atoms with Gasteiger partial charge in [-0.05, 0) is 36.7 Å². The van der Waals surface area contributed by atoms with E-state index in [1.807, 2.05) is 0 Å². The van der Waals surface area contributed by atoms with Gasteiger partial charge in [-0.1, -0.05) is 6.08 Å². The minimum absolute atomic E-state index is 0.175. The number of nitrogens with zero attached hydrogens (tertiary/aromatic N) is 2. The molecule has 0 aromatic carbocycles. The van der Waals surface area contributed by atoms with E-state index in [4.69, 9.17) is 4.74 Å². The van der Waals surface area contributed by atoms with Crippen LogP contribution in [-0.2, 0) is 20.7 Å². The molecule has 0 saturated heterocycles. The van der Waals surface area contributed by atoms with Crippen LogP contribution in [0.1, 0.15) is 32.2 Å². The minimum Gasteiger partial charge on any atom is -0.444 e. The van der Waals surface area contributed by atoms with Gasteiger partial charge < -0.3 is 10.1 Å². The molecule has 8 nitrogen and oxygen atoms in total. The number of carbonyl (C=O) groups excluding carboxylic acids is 3. The normalized spacial score (nSPS) is 15.5. The molecular weight excluding hydrogens is 412 g/mol. The van der Waals surface area contributed by atoms with E-state index in [0.717, 1.165) is 5.01 Å². The second-order valence-electron chi connectivity index (χ2n) is 6.30. The zero-order chi connectivity index (χ0) is 18.6. The summed E-state index contributed by atoms with van der Waals surface area (Å²) in [5, 5.41) is 6.07. The minimum atomic E-state index is -0.934. The first-order valence-corrected chi connectivity index (χ1v) is 9.20. The number of alkyl carbamates (subject to hydrolysis) is 1. The molecule has 1 aliphatic heterocycles. The Morgan fingerprint density at radius 2 is 2.24 bits per heavy atom. The number of halogens is 1. The molecule has 0 unspecified atom stereocenters. The number of hydrogen-bond acceptors (Lipinski definition) is 6. The van der Waals surface area contributed by atoms with E-state index in [-0.39, 0.29) is 18.7 Å². The van der Waals surface area contributed by atoms with Crippen LogP contribution in [-0.4, -0.2) is 39.5 Å². The predicted octanol–water partition coefficient (Wildman–Crippen LogP) is 2.12. The summed E-state index contributed by atoms with van der Waals surface area (Å²) in [4.78, 5) is 40.5. The molecule has 25 heavy (non-hydrogen) atoms. The van der Waals surface area contributed by atoms with E-state index in [1.165, 1.54) is 17.5 Å². The zero-order valence-corrected chi connectivity index (χ0v) is 16.4. The molecular formula is C15H19BrN4O4S. The average Bonchev–Trinajstić information content (AvgIpc) is 2.89. The molecule has 10 heteroatoms. The average molecular weight is 431 g/mol. The Balaban J connectivity index is 2.14. The van der Waals surface area contributed by atoms with Gasteiger partial charge in [0.05, 0.1) is 5.01 Å². The highest BCUT2D eigenvalue weighted by atomic mass is 79.9. The highest BCUT2D eigenvalue weighted by molar-refractivity contribution is 9.10. The lowest BCUT2D eigenvalue weighted by Gasteiger charge is -2.28. The maximum Gasteiger partial charge on any atom is 0.408 e. The van der Waals surface area contributed by atoms with E-state index < -0.39 is 23.6 Å². The molecule has 0 fully saturated rings. The fraction of sp³-hybridized carbons (Fsp3) is 0.467. The summed E-state index contributed by atoms with van der Waals surface area (Å²) >= 11 is 4.61. The SMILES string of the molecule is CC(C)(C)OC(=O)N[C@@H](Cc1nc(Br)cs1)C(=O)N1C=CCC(=O)N1. The first-order valence-electron chi connectivity index (χ1n) is 7.53. The standard InChI is InChI=1S/C15H19BrN4O4S/c1-15(2,3)24-14(23)17-9(7-12-18-10(16)8-25-12)13(22)20-6-4-5-11(21)19-20/h4,6,8-9H,5,7H2,1-3H3,(H,17,23)(H,19,21)/t9-/m0/s1. The lowest BCUT2D eigenvalue weighted by Crippen LogP contribution is -2.54. The van der Waals surface area contributed by atoms with Crippen molar-refractivity contribution in [2.24, 2.45) is 0 Å². The summed E-state index contributed by atoms with van der Waals surface area (Å²) < 4.78 is 5.87. The van der Waals surface area contributed by atoms with Crippen LogP contribution >= 0.6 is 27.3 Å². The quantitative estimate of drug-likeness (QED) is 0.761. The number of hydrazine groups is 1. The summed E-state index contributed by atoms with van der Waals surface area (Å²) in [5.74, 6) is -0.787. The number of rotatable bonds is 4. The van der Waals surface area contributed by atoms with Crippen molar-refractivity contribution in [1.82, 2.24) is 20.7 Å². The number of nitrogens with one attached hydrogen (secondary N) is 2. The fourth-order valence-electron chi connectivity index (χ4n) is 1.99. The zero-order valence-electron chi connectivity index (χ0n) is 14.0. The van der Waals surface area contributed by atoms with Gasteiger partial charge in [0.15, 0.2) is 0 Å². The molecule has 1 aliphatic rings. The van der Waals surface area contributed by atoms with Gasteiger partial charge in [0, 0.05) is 24.4 Å². The molecule has 2 heterocycles. The molecule has 0 saturated carbocycles. The van der Waals surface area contributed by atoms with Crippen LogP contribution in [0, 0.1) is 0 Å². The summed E-state index contributed by atoms with van der Waals surface area (Å²) in [6, 6.07) is -0.934. The van der Waals surface area contributed by atoms with E-state index >= 15 is 0 Å². The van der Waals surface area contributed by atoms with Crippen molar-refractivity contribution in [1.29, 1.82) is 0 Å². The highest BCUT2D eigenvalue weighted by Gasteiger charge is 2.30. The van der Waals surface area contributed by atoms with E-state index in [1.54, 1.807) is 32.2 Å². The van der Waals surface area contributed by atoms with Gasteiger partial charge in [-0.25, -0.2) is 14.8 Å². The van der Waals surface area contributed by atoms with E-state index in [2.05, 4.69) is 31.7 Å². The Bertz CT molecular complexity index is 698. The third-order valence-corrected chi connectivity index (χ3v) is 4.51. The number of carbonyl (C=O) groups is 3. The van der Waals surface area contributed by atoms with Crippen LogP contribution in [0.3, 0.4) is 0 Å². The van der Waals surface area contributed by atoms with Gasteiger partial charge in [-0.3, -0.25) is 15.0 Å². The third-order valence-electron chi connectivity index (χ3n) is 2.93. The smallest absolute Gasteiger partial charge is 0.408 e. The molecule has 0 bridgehead atoms.